The number of carboxylic acid groups (broad SMARTS) is 1. The lowest BCUT2D eigenvalue weighted by molar-refractivity contribution is 0.0691. The van der Waals surface area contributed by atoms with E-state index >= 15 is 0 Å². The highest BCUT2D eigenvalue weighted by atomic mass is 35.5. The Labute approximate surface area is 197 Å². The summed E-state index contributed by atoms with van der Waals surface area (Å²) in [6.07, 6.45) is 2.48. The zero-order valence-corrected chi connectivity index (χ0v) is 18.6. The summed E-state index contributed by atoms with van der Waals surface area (Å²) in [5, 5.41) is 21.4. The molecule has 9 nitrogen and oxygen atoms in total. The summed E-state index contributed by atoms with van der Waals surface area (Å²) in [7, 11) is 0. The summed E-state index contributed by atoms with van der Waals surface area (Å²) in [6, 6.07) is 8.49. The number of hydrogen-bond acceptors (Lipinski definition) is 7. The van der Waals surface area contributed by atoms with Crippen molar-refractivity contribution in [2.24, 2.45) is 0 Å². The van der Waals surface area contributed by atoms with Crippen LogP contribution in [0, 0.1) is 24.1 Å². The van der Waals surface area contributed by atoms with Gasteiger partial charge in [-0.2, -0.15) is 5.26 Å². The van der Waals surface area contributed by atoms with Crippen molar-refractivity contribution in [1.82, 2.24) is 19.4 Å². The monoisotopic (exact) mass is 478 g/mol. The second kappa shape index (κ2) is 8.88. The van der Waals surface area contributed by atoms with E-state index in [1.54, 1.807) is 19.9 Å². The summed E-state index contributed by atoms with van der Waals surface area (Å²) in [5.41, 5.74) is 1.21. The first-order valence-corrected chi connectivity index (χ1v) is 10.3. The molecule has 0 bridgehead atoms. The standard InChI is InChI=1S/C23H16ClFN6O3/c1-11-19(13-3-4-15(8-26)27-9-13)30-21-16(7-14(25)10-31(21)22(11)32)12(2)28-17-5-6-18(24)29-20(17)23(33)34/h3-7,9-10,12,28H,1-2H3,(H,33,34)/t12-/m1/s1. The molecule has 0 aliphatic carbocycles. The Morgan fingerprint density at radius 1 is 1.29 bits per heavy atom. The Morgan fingerprint density at radius 2 is 2.06 bits per heavy atom. The van der Waals surface area contributed by atoms with E-state index < -0.39 is 23.4 Å². The lowest BCUT2D eigenvalue weighted by Crippen LogP contribution is -2.22. The Hall–Kier alpha value is -4.36. The lowest BCUT2D eigenvalue weighted by atomic mass is 10.1. The van der Waals surface area contributed by atoms with Gasteiger partial charge >= 0.3 is 5.97 Å². The average Bonchev–Trinajstić information content (AvgIpc) is 2.82. The normalized spacial score (nSPS) is 11.7. The second-order valence-electron chi connectivity index (χ2n) is 7.44. The largest absolute Gasteiger partial charge is 0.476 e. The van der Waals surface area contributed by atoms with E-state index in [0.717, 1.165) is 10.6 Å². The second-order valence-corrected chi connectivity index (χ2v) is 7.83. The van der Waals surface area contributed by atoms with Gasteiger partial charge in [0, 0.05) is 29.1 Å². The number of nitrogens with one attached hydrogen (secondary N) is 1. The predicted molar refractivity (Wildman–Crippen MR) is 122 cm³/mol. The maximum absolute atomic E-state index is 14.5. The van der Waals surface area contributed by atoms with Gasteiger partial charge in [-0.3, -0.25) is 9.20 Å². The molecule has 0 unspecified atom stereocenters. The van der Waals surface area contributed by atoms with Crippen molar-refractivity contribution in [3.63, 3.8) is 0 Å². The number of nitrogens with zero attached hydrogens (tertiary/aromatic N) is 5. The number of rotatable bonds is 5. The first-order chi connectivity index (χ1) is 16.2. The number of nitriles is 1. The molecular weight excluding hydrogens is 463 g/mol. The van der Waals surface area contributed by atoms with E-state index in [0.29, 0.717) is 16.8 Å². The van der Waals surface area contributed by atoms with Crippen molar-refractivity contribution in [3.05, 3.63) is 86.6 Å². The quantitative estimate of drug-likeness (QED) is 0.411. The molecule has 1 atom stereocenters. The molecule has 11 heteroatoms. The third kappa shape index (κ3) is 4.16. The molecule has 4 rings (SSSR count). The molecular formula is C23H16ClFN6O3. The SMILES string of the molecule is Cc1c(-c2ccc(C#N)nc2)nc2c([C@@H](C)Nc3ccc(Cl)nc3C(=O)O)cc(F)cn2c1=O. The molecule has 0 amide bonds. The molecule has 0 aromatic carbocycles. The minimum atomic E-state index is -1.29. The highest BCUT2D eigenvalue weighted by Crippen LogP contribution is 2.27. The molecule has 170 valence electrons. The van der Waals surface area contributed by atoms with Crippen LogP contribution in [0.15, 0.2) is 47.5 Å². The molecule has 0 saturated heterocycles. The van der Waals surface area contributed by atoms with Crippen molar-refractivity contribution < 1.29 is 14.3 Å². The predicted octanol–water partition coefficient (Wildman–Crippen LogP) is 4.00. The minimum absolute atomic E-state index is 0.0103. The number of halogens is 2. The van der Waals surface area contributed by atoms with Crippen LogP contribution >= 0.6 is 11.6 Å². The van der Waals surface area contributed by atoms with Gasteiger partial charge in [-0.25, -0.2) is 24.1 Å². The van der Waals surface area contributed by atoms with Crippen molar-refractivity contribution >= 4 is 28.9 Å². The van der Waals surface area contributed by atoms with Crippen molar-refractivity contribution in [2.45, 2.75) is 19.9 Å². The maximum atomic E-state index is 14.5. The lowest BCUT2D eigenvalue weighted by Gasteiger charge is -2.19. The summed E-state index contributed by atoms with van der Waals surface area (Å²) in [5.74, 6) is -1.96. The van der Waals surface area contributed by atoms with Crippen molar-refractivity contribution in [1.29, 1.82) is 5.26 Å². The van der Waals surface area contributed by atoms with Gasteiger partial charge in [0.05, 0.1) is 17.4 Å². The Balaban J connectivity index is 1.88. The van der Waals surface area contributed by atoms with Crippen LogP contribution in [0.2, 0.25) is 5.15 Å². The number of aromatic nitrogens is 4. The number of pyridine rings is 3. The van der Waals surface area contributed by atoms with Crippen LogP contribution in [-0.4, -0.2) is 30.4 Å². The maximum Gasteiger partial charge on any atom is 0.356 e. The first kappa shape index (κ1) is 22.8. The number of anilines is 1. The topological polar surface area (TPSA) is 133 Å². The Bertz CT molecular complexity index is 1550. The van der Waals surface area contributed by atoms with Crippen LogP contribution in [0.25, 0.3) is 16.9 Å². The summed E-state index contributed by atoms with van der Waals surface area (Å²) in [4.78, 5) is 37.1. The van der Waals surface area contributed by atoms with Gasteiger partial charge in [0.1, 0.15) is 28.4 Å². The van der Waals surface area contributed by atoms with Gasteiger partial charge in [-0.1, -0.05) is 11.6 Å². The highest BCUT2D eigenvalue weighted by Gasteiger charge is 2.20. The highest BCUT2D eigenvalue weighted by molar-refractivity contribution is 6.29. The fourth-order valence-electron chi connectivity index (χ4n) is 3.54. The summed E-state index contributed by atoms with van der Waals surface area (Å²) < 4.78 is 15.6. The molecule has 0 spiro atoms. The van der Waals surface area contributed by atoms with Crippen molar-refractivity contribution in [2.75, 3.05) is 5.32 Å². The summed E-state index contributed by atoms with van der Waals surface area (Å²) >= 11 is 5.82. The van der Waals surface area contributed by atoms with Crippen LogP contribution in [0.4, 0.5) is 10.1 Å². The zero-order chi connectivity index (χ0) is 24.6. The fraction of sp³-hybridized carbons (Fsp3) is 0.130. The van der Waals surface area contributed by atoms with Gasteiger partial charge < -0.3 is 10.4 Å². The Morgan fingerprint density at radius 3 is 2.71 bits per heavy atom. The van der Waals surface area contributed by atoms with E-state index in [2.05, 4.69) is 20.3 Å². The fourth-order valence-corrected chi connectivity index (χ4v) is 3.69. The smallest absolute Gasteiger partial charge is 0.356 e. The molecule has 0 saturated carbocycles. The Kier molecular flexibility index (Phi) is 5.96. The van der Waals surface area contributed by atoms with Gasteiger partial charge in [0.15, 0.2) is 5.69 Å². The molecule has 4 heterocycles. The summed E-state index contributed by atoms with van der Waals surface area (Å²) in [6.45, 7) is 3.24. The average molecular weight is 479 g/mol. The first-order valence-electron chi connectivity index (χ1n) is 9.95. The van der Waals surface area contributed by atoms with Gasteiger partial charge in [-0.15, -0.1) is 0 Å². The van der Waals surface area contributed by atoms with Gasteiger partial charge in [0.25, 0.3) is 5.56 Å². The number of carbonyl (C=O) groups is 1. The molecule has 4 aromatic rings. The zero-order valence-electron chi connectivity index (χ0n) is 17.9. The molecule has 0 aliphatic rings. The number of carboxylic acids is 1. The van der Waals surface area contributed by atoms with Crippen LogP contribution in [0.3, 0.4) is 0 Å². The van der Waals surface area contributed by atoms with E-state index in [9.17, 15) is 19.1 Å². The van der Waals surface area contributed by atoms with E-state index in [-0.39, 0.29) is 33.4 Å². The van der Waals surface area contributed by atoms with Crippen LogP contribution < -0.4 is 10.9 Å². The van der Waals surface area contributed by atoms with Gasteiger partial charge in [0.2, 0.25) is 0 Å². The van der Waals surface area contributed by atoms with E-state index in [1.807, 2.05) is 6.07 Å². The molecule has 0 radical (unpaired) electrons. The van der Waals surface area contributed by atoms with E-state index in [4.69, 9.17) is 16.9 Å². The molecule has 2 N–H and O–H groups in total. The minimum Gasteiger partial charge on any atom is -0.476 e. The van der Waals surface area contributed by atoms with E-state index in [1.165, 1.54) is 30.5 Å². The molecule has 34 heavy (non-hydrogen) atoms. The van der Waals surface area contributed by atoms with Crippen LogP contribution in [0.1, 0.15) is 40.3 Å². The van der Waals surface area contributed by atoms with Crippen molar-refractivity contribution in [3.8, 4) is 17.3 Å². The van der Waals surface area contributed by atoms with Crippen LogP contribution in [-0.2, 0) is 0 Å². The molecule has 4 aromatic heterocycles. The number of fused-ring (bicyclic) bond motifs is 1. The third-order valence-electron chi connectivity index (χ3n) is 5.20. The molecule has 0 aliphatic heterocycles. The third-order valence-corrected chi connectivity index (χ3v) is 5.41. The number of aromatic carboxylic acids is 1. The van der Waals surface area contributed by atoms with Gasteiger partial charge in [-0.05, 0) is 44.2 Å². The number of hydrogen-bond donors (Lipinski definition) is 2. The molecule has 0 fully saturated rings. The van der Waals surface area contributed by atoms with Crippen LogP contribution in [0.5, 0.6) is 0 Å².